The Bertz CT molecular complexity index is 360. The lowest BCUT2D eigenvalue weighted by atomic mass is 10.2. The molecule has 1 heterocycles. The van der Waals surface area contributed by atoms with Crippen molar-refractivity contribution in [2.45, 2.75) is 32.2 Å². The van der Waals surface area contributed by atoms with E-state index in [-0.39, 0.29) is 24.0 Å². The SMILES string of the molecule is CCNC(=NCC1CCCN1CCOC)NCCN(C)CCCOC.I. The van der Waals surface area contributed by atoms with E-state index in [4.69, 9.17) is 14.5 Å². The van der Waals surface area contributed by atoms with Gasteiger partial charge in [0.15, 0.2) is 5.96 Å². The van der Waals surface area contributed by atoms with Gasteiger partial charge in [-0.2, -0.15) is 0 Å². The number of likely N-dealkylation sites (tertiary alicyclic amines) is 1. The third kappa shape index (κ3) is 11.5. The molecule has 2 N–H and O–H groups in total. The molecule has 0 saturated carbocycles. The van der Waals surface area contributed by atoms with Crippen LogP contribution in [0.1, 0.15) is 26.2 Å². The summed E-state index contributed by atoms with van der Waals surface area (Å²) in [5.41, 5.74) is 0. The van der Waals surface area contributed by atoms with Gasteiger partial charge in [-0.05, 0) is 39.8 Å². The van der Waals surface area contributed by atoms with Gasteiger partial charge in [0.2, 0.25) is 0 Å². The lowest BCUT2D eigenvalue weighted by molar-refractivity contribution is 0.142. The summed E-state index contributed by atoms with van der Waals surface area (Å²) in [6.07, 6.45) is 3.56. The quantitative estimate of drug-likeness (QED) is 0.177. The first-order valence-electron chi connectivity index (χ1n) is 9.63. The Morgan fingerprint density at radius 2 is 1.96 bits per heavy atom. The van der Waals surface area contributed by atoms with E-state index in [2.05, 4.69) is 34.4 Å². The maximum absolute atomic E-state index is 5.21. The fraction of sp³-hybridized carbons (Fsp3) is 0.944. The molecule has 1 aliphatic heterocycles. The van der Waals surface area contributed by atoms with Crippen LogP contribution in [0.15, 0.2) is 4.99 Å². The number of hydrogen-bond donors (Lipinski definition) is 2. The third-order valence-electron chi connectivity index (χ3n) is 4.56. The van der Waals surface area contributed by atoms with Gasteiger partial charge in [0.1, 0.15) is 0 Å². The van der Waals surface area contributed by atoms with Gasteiger partial charge >= 0.3 is 0 Å². The second-order valence-electron chi connectivity index (χ2n) is 6.62. The van der Waals surface area contributed by atoms with Crippen molar-refractivity contribution in [1.29, 1.82) is 0 Å². The first-order chi connectivity index (χ1) is 12.2. The molecule has 0 aromatic carbocycles. The highest BCUT2D eigenvalue weighted by molar-refractivity contribution is 14.0. The third-order valence-corrected chi connectivity index (χ3v) is 4.56. The minimum absolute atomic E-state index is 0. The number of guanidine groups is 1. The Morgan fingerprint density at radius 1 is 1.19 bits per heavy atom. The molecule has 156 valence electrons. The van der Waals surface area contributed by atoms with Gasteiger partial charge in [0, 0.05) is 59.6 Å². The van der Waals surface area contributed by atoms with E-state index in [9.17, 15) is 0 Å². The summed E-state index contributed by atoms with van der Waals surface area (Å²) in [6.45, 7) is 10.6. The van der Waals surface area contributed by atoms with Gasteiger partial charge in [-0.1, -0.05) is 0 Å². The van der Waals surface area contributed by atoms with Gasteiger partial charge in [-0.3, -0.25) is 9.89 Å². The van der Waals surface area contributed by atoms with Crippen LogP contribution in [0.2, 0.25) is 0 Å². The normalized spacial score (nSPS) is 18.2. The summed E-state index contributed by atoms with van der Waals surface area (Å²) in [6, 6.07) is 0.544. The number of hydrogen-bond acceptors (Lipinski definition) is 5. The first kappa shape index (κ1) is 25.8. The van der Waals surface area contributed by atoms with E-state index in [1.165, 1.54) is 19.4 Å². The van der Waals surface area contributed by atoms with Crippen molar-refractivity contribution in [2.75, 3.05) is 80.3 Å². The smallest absolute Gasteiger partial charge is 0.191 e. The average Bonchev–Trinajstić information content (AvgIpc) is 3.05. The van der Waals surface area contributed by atoms with Gasteiger partial charge < -0.3 is 25.0 Å². The molecule has 0 aliphatic carbocycles. The fourth-order valence-corrected chi connectivity index (χ4v) is 3.10. The molecule has 8 heteroatoms. The number of aliphatic imine (C=N–C) groups is 1. The Balaban J connectivity index is 0.00000625. The second-order valence-corrected chi connectivity index (χ2v) is 6.62. The largest absolute Gasteiger partial charge is 0.385 e. The van der Waals surface area contributed by atoms with Crippen molar-refractivity contribution in [2.24, 2.45) is 4.99 Å². The van der Waals surface area contributed by atoms with E-state index in [0.717, 1.165) is 64.9 Å². The highest BCUT2D eigenvalue weighted by Crippen LogP contribution is 2.16. The van der Waals surface area contributed by atoms with E-state index < -0.39 is 0 Å². The number of methoxy groups -OCH3 is 2. The first-order valence-corrected chi connectivity index (χ1v) is 9.63. The molecule has 0 aromatic heterocycles. The van der Waals surface area contributed by atoms with E-state index >= 15 is 0 Å². The predicted octanol–water partition coefficient (Wildman–Crippen LogP) is 1.24. The minimum atomic E-state index is 0. The van der Waals surface area contributed by atoms with E-state index in [1.807, 2.05) is 0 Å². The molecule has 0 radical (unpaired) electrons. The average molecular weight is 485 g/mol. The van der Waals surface area contributed by atoms with Crippen LogP contribution in [0.3, 0.4) is 0 Å². The van der Waals surface area contributed by atoms with Crippen LogP contribution in [0.5, 0.6) is 0 Å². The Kier molecular flexibility index (Phi) is 16.9. The van der Waals surface area contributed by atoms with Crippen molar-refractivity contribution in [1.82, 2.24) is 20.4 Å². The molecule has 26 heavy (non-hydrogen) atoms. The van der Waals surface area contributed by atoms with Crippen LogP contribution in [-0.4, -0.2) is 102 Å². The summed E-state index contributed by atoms with van der Waals surface area (Å²) in [4.78, 5) is 9.62. The molecule has 1 aliphatic rings. The monoisotopic (exact) mass is 485 g/mol. The zero-order valence-corrected chi connectivity index (χ0v) is 19.5. The van der Waals surface area contributed by atoms with Crippen LogP contribution in [0.4, 0.5) is 0 Å². The lowest BCUT2D eigenvalue weighted by Crippen LogP contribution is -2.42. The Labute approximate surface area is 177 Å². The molecule has 1 atom stereocenters. The predicted molar refractivity (Wildman–Crippen MR) is 120 cm³/mol. The van der Waals surface area contributed by atoms with Gasteiger partial charge in [-0.15, -0.1) is 24.0 Å². The van der Waals surface area contributed by atoms with Gasteiger partial charge in [-0.25, -0.2) is 0 Å². The number of likely N-dealkylation sites (N-methyl/N-ethyl adjacent to an activating group) is 1. The summed E-state index contributed by atoms with van der Waals surface area (Å²) in [5.74, 6) is 0.923. The Morgan fingerprint density at radius 3 is 2.65 bits per heavy atom. The minimum Gasteiger partial charge on any atom is -0.385 e. The highest BCUT2D eigenvalue weighted by Gasteiger charge is 2.23. The van der Waals surface area contributed by atoms with Crippen LogP contribution in [-0.2, 0) is 9.47 Å². The molecule has 0 aromatic rings. The molecule has 1 fully saturated rings. The maximum atomic E-state index is 5.21. The highest BCUT2D eigenvalue weighted by atomic mass is 127. The van der Waals surface area contributed by atoms with Crippen LogP contribution in [0.25, 0.3) is 0 Å². The summed E-state index contributed by atoms with van der Waals surface area (Å²) < 4.78 is 10.3. The number of nitrogens with one attached hydrogen (secondary N) is 2. The number of ether oxygens (including phenoxy) is 2. The van der Waals surface area contributed by atoms with Crippen LogP contribution in [0, 0.1) is 0 Å². The molecular formula is C18H40IN5O2. The van der Waals surface area contributed by atoms with Crippen LogP contribution < -0.4 is 10.6 Å². The van der Waals surface area contributed by atoms with Crippen molar-refractivity contribution in [3.05, 3.63) is 0 Å². The zero-order valence-electron chi connectivity index (χ0n) is 17.1. The topological polar surface area (TPSA) is 61.4 Å². The van der Waals surface area contributed by atoms with Gasteiger partial charge in [0.25, 0.3) is 0 Å². The summed E-state index contributed by atoms with van der Waals surface area (Å²) in [5, 5.41) is 6.79. The molecule has 0 amide bonds. The van der Waals surface area contributed by atoms with E-state index in [1.54, 1.807) is 14.2 Å². The molecular weight excluding hydrogens is 445 g/mol. The lowest BCUT2D eigenvalue weighted by Gasteiger charge is -2.23. The standard InChI is InChI=1S/C18H39N5O2.HI/c1-5-19-18(20-9-12-22(2)10-7-14-24-3)21-16-17-8-6-11-23(17)13-15-25-4;/h17H,5-16H2,1-4H3,(H2,19,20,21);1H. The molecule has 0 spiro atoms. The van der Waals surface area contributed by atoms with Crippen molar-refractivity contribution >= 4 is 29.9 Å². The van der Waals surface area contributed by atoms with Crippen molar-refractivity contribution in [3.8, 4) is 0 Å². The number of nitrogens with zero attached hydrogens (tertiary/aromatic N) is 3. The van der Waals surface area contributed by atoms with Crippen molar-refractivity contribution < 1.29 is 9.47 Å². The molecule has 1 unspecified atom stereocenters. The summed E-state index contributed by atoms with van der Waals surface area (Å²) >= 11 is 0. The molecule has 0 bridgehead atoms. The number of halogens is 1. The van der Waals surface area contributed by atoms with Crippen LogP contribution >= 0.6 is 24.0 Å². The van der Waals surface area contributed by atoms with Gasteiger partial charge in [0.05, 0.1) is 13.2 Å². The molecule has 1 rings (SSSR count). The maximum Gasteiger partial charge on any atom is 0.191 e. The number of rotatable bonds is 13. The Hall–Kier alpha value is -0.160. The zero-order chi connectivity index (χ0) is 18.3. The summed E-state index contributed by atoms with van der Waals surface area (Å²) in [7, 11) is 5.66. The van der Waals surface area contributed by atoms with E-state index in [0.29, 0.717) is 6.04 Å². The molecule has 7 nitrogen and oxygen atoms in total. The second kappa shape index (κ2) is 17.0. The fourth-order valence-electron chi connectivity index (χ4n) is 3.10. The molecule has 1 saturated heterocycles. The van der Waals surface area contributed by atoms with Crippen molar-refractivity contribution in [3.63, 3.8) is 0 Å².